The summed E-state index contributed by atoms with van der Waals surface area (Å²) in [5.74, 6) is 0. The molecule has 0 aromatic carbocycles. The molecule has 0 N–H and O–H groups in total. The zero-order valence-electron chi connectivity index (χ0n) is 7.83. The monoisotopic (exact) mass is 208 g/mol. The molecule has 72 valence electrons. The fraction of sp³-hybridized carbons (Fsp3) is 0.857. The lowest BCUT2D eigenvalue weighted by atomic mass is 10.9. The van der Waals surface area contributed by atoms with E-state index in [-0.39, 0.29) is 0 Å². The summed E-state index contributed by atoms with van der Waals surface area (Å²) in [5.41, 5.74) is 0. The van der Waals surface area contributed by atoms with Crippen molar-refractivity contribution in [3.63, 3.8) is 0 Å². The highest BCUT2D eigenvalue weighted by Gasteiger charge is 2.37. The maximum absolute atomic E-state index is 5.39. The van der Waals surface area contributed by atoms with Crippen molar-refractivity contribution in [1.29, 1.82) is 0 Å². The molecule has 0 rings (SSSR count). The second kappa shape index (κ2) is 6.68. The Morgan fingerprint density at radius 3 is 1.50 bits per heavy atom. The van der Waals surface area contributed by atoms with Crippen molar-refractivity contribution < 1.29 is 13.3 Å². The molecular formula is C7H16O3SSi. The van der Waals surface area contributed by atoms with Gasteiger partial charge in [0.25, 0.3) is 0 Å². The Labute approximate surface area is 80.4 Å². The van der Waals surface area contributed by atoms with E-state index >= 15 is 0 Å². The van der Waals surface area contributed by atoms with Gasteiger partial charge in [-0.15, -0.1) is 0 Å². The van der Waals surface area contributed by atoms with Crippen molar-refractivity contribution in [3.05, 3.63) is 0 Å². The van der Waals surface area contributed by atoms with Crippen LogP contribution in [0.1, 0.15) is 20.8 Å². The average molecular weight is 208 g/mol. The van der Waals surface area contributed by atoms with E-state index in [9.17, 15) is 0 Å². The zero-order valence-corrected chi connectivity index (χ0v) is 9.65. The van der Waals surface area contributed by atoms with Gasteiger partial charge in [0.15, 0.2) is 0 Å². The van der Waals surface area contributed by atoms with Crippen molar-refractivity contribution in [2.45, 2.75) is 20.8 Å². The highest BCUT2D eigenvalue weighted by molar-refractivity contribution is 7.82. The lowest BCUT2D eigenvalue weighted by molar-refractivity contribution is 0.0919. The molecule has 0 aliphatic carbocycles. The molecular weight excluding hydrogens is 192 g/mol. The summed E-state index contributed by atoms with van der Waals surface area (Å²) in [4.78, 5) is 1.50. The summed E-state index contributed by atoms with van der Waals surface area (Å²) in [6, 6.07) is 0. The molecule has 0 unspecified atom stereocenters. The second-order valence-electron chi connectivity index (χ2n) is 2.02. The highest BCUT2D eigenvalue weighted by atomic mass is 32.1. The van der Waals surface area contributed by atoms with E-state index < -0.39 is 8.80 Å². The summed E-state index contributed by atoms with van der Waals surface area (Å²) in [7, 11) is -2.58. The van der Waals surface area contributed by atoms with Gasteiger partial charge in [-0.3, -0.25) is 0 Å². The predicted molar refractivity (Wildman–Crippen MR) is 54.3 cm³/mol. The molecule has 0 saturated heterocycles. The lowest BCUT2D eigenvalue weighted by Crippen LogP contribution is -2.47. The molecule has 0 heterocycles. The SMILES string of the molecule is CCO[Si](C=S)(OCC)OCC. The number of rotatable bonds is 7. The van der Waals surface area contributed by atoms with Gasteiger partial charge in [0.2, 0.25) is 0 Å². The van der Waals surface area contributed by atoms with E-state index in [0.29, 0.717) is 19.8 Å². The molecule has 0 aromatic rings. The van der Waals surface area contributed by atoms with Crippen LogP contribution in [-0.4, -0.2) is 33.6 Å². The van der Waals surface area contributed by atoms with Gasteiger partial charge in [-0.2, -0.15) is 0 Å². The first-order valence-electron chi connectivity index (χ1n) is 4.12. The zero-order chi connectivity index (χ0) is 9.45. The van der Waals surface area contributed by atoms with Gasteiger partial charge < -0.3 is 13.3 Å². The van der Waals surface area contributed by atoms with Gasteiger partial charge >= 0.3 is 8.80 Å². The summed E-state index contributed by atoms with van der Waals surface area (Å²) >= 11 is 4.84. The van der Waals surface area contributed by atoms with Crippen molar-refractivity contribution in [2.75, 3.05) is 19.8 Å². The molecule has 5 heteroatoms. The van der Waals surface area contributed by atoms with E-state index in [1.54, 1.807) is 0 Å². The largest absolute Gasteiger partial charge is 0.540 e. The van der Waals surface area contributed by atoms with Crippen LogP contribution in [0.4, 0.5) is 0 Å². The van der Waals surface area contributed by atoms with Crippen LogP contribution in [0, 0.1) is 0 Å². The van der Waals surface area contributed by atoms with Crippen LogP contribution < -0.4 is 0 Å². The highest BCUT2D eigenvalue weighted by Crippen LogP contribution is 2.06. The summed E-state index contributed by atoms with van der Waals surface area (Å²) < 4.78 is 16.2. The van der Waals surface area contributed by atoms with Gasteiger partial charge in [-0.05, 0) is 20.8 Å². The molecule has 12 heavy (non-hydrogen) atoms. The Morgan fingerprint density at radius 1 is 1.00 bits per heavy atom. The number of thiocarbonyl (C=S) groups is 1. The van der Waals surface area contributed by atoms with Crippen LogP contribution in [-0.2, 0) is 13.3 Å². The maximum Gasteiger partial charge on any atom is 0.540 e. The third kappa shape index (κ3) is 3.73. The Kier molecular flexibility index (Phi) is 6.78. The van der Waals surface area contributed by atoms with Crippen molar-refractivity contribution in [3.8, 4) is 0 Å². The van der Waals surface area contributed by atoms with Gasteiger partial charge in [0, 0.05) is 24.8 Å². The Bertz CT molecular complexity index is 115. The molecule has 0 fully saturated rings. The normalized spacial score (nSPS) is 11.6. The van der Waals surface area contributed by atoms with Crippen LogP contribution in [0.25, 0.3) is 0 Å². The molecule has 0 aliphatic rings. The van der Waals surface area contributed by atoms with Crippen LogP contribution in [0.15, 0.2) is 0 Å². The molecule has 0 spiro atoms. The summed E-state index contributed by atoms with van der Waals surface area (Å²) in [5, 5.41) is 0. The van der Waals surface area contributed by atoms with Crippen LogP contribution in [0.2, 0.25) is 0 Å². The van der Waals surface area contributed by atoms with Crippen LogP contribution in [0.3, 0.4) is 0 Å². The fourth-order valence-electron chi connectivity index (χ4n) is 0.831. The second-order valence-corrected chi connectivity index (χ2v) is 5.04. The number of hydrogen-bond acceptors (Lipinski definition) is 4. The molecule has 0 atom stereocenters. The van der Waals surface area contributed by atoms with Crippen molar-refractivity contribution >= 4 is 26.0 Å². The molecule has 3 nitrogen and oxygen atoms in total. The summed E-state index contributed by atoms with van der Waals surface area (Å²) in [6.07, 6.45) is 0. The summed E-state index contributed by atoms with van der Waals surface area (Å²) in [6.45, 7) is 7.41. The first-order valence-corrected chi connectivity index (χ1v) is 6.40. The smallest absolute Gasteiger partial charge is 0.370 e. The van der Waals surface area contributed by atoms with Crippen LogP contribution >= 0.6 is 12.2 Å². The average Bonchev–Trinajstić information content (AvgIpc) is 2.06. The minimum Gasteiger partial charge on any atom is -0.370 e. The van der Waals surface area contributed by atoms with Gasteiger partial charge in [-0.25, -0.2) is 0 Å². The number of hydrogen-bond donors (Lipinski definition) is 0. The molecule has 0 aliphatic heterocycles. The van der Waals surface area contributed by atoms with E-state index in [1.807, 2.05) is 20.8 Å². The quantitative estimate of drug-likeness (QED) is 0.469. The van der Waals surface area contributed by atoms with Crippen molar-refractivity contribution in [1.82, 2.24) is 0 Å². The molecule has 0 aromatic heterocycles. The Balaban J connectivity index is 4.16. The fourth-order valence-corrected chi connectivity index (χ4v) is 3.10. The third-order valence-electron chi connectivity index (χ3n) is 1.18. The predicted octanol–water partition coefficient (Wildman–Crippen LogP) is 1.57. The van der Waals surface area contributed by atoms with E-state index in [2.05, 4.69) is 0 Å². The van der Waals surface area contributed by atoms with Gasteiger partial charge in [0.05, 0.1) is 0 Å². The molecule has 0 bridgehead atoms. The minimum atomic E-state index is -2.58. The third-order valence-corrected chi connectivity index (χ3v) is 4.41. The van der Waals surface area contributed by atoms with E-state index in [4.69, 9.17) is 25.5 Å². The van der Waals surface area contributed by atoms with Crippen LogP contribution in [0.5, 0.6) is 0 Å². The standard InChI is InChI=1S/C7H16O3SSi/c1-4-8-12(7-11,9-5-2)10-6-3/h7H,4-6H2,1-3H3. The molecule has 0 saturated carbocycles. The molecule has 0 amide bonds. The van der Waals surface area contributed by atoms with E-state index in [0.717, 1.165) is 0 Å². The Morgan fingerprint density at radius 2 is 1.33 bits per heavy atom. The Hall–Kier alpha value is 0.187. The van der Waals surface area contributed by atoms with Crippen molar-refractivity contribution in [2.24, 2.45) is 0 Å². The van der Waals surface area contributed by atoms with Gasteiger partial charge in [-0.1, -0.05) is 12.2 Å². The maximum atomic E-state index is 5.39. The first-order chi connectivity index (χ1) is 5.74. The lowest BCUT2D eigenvalue weighted by Gasteiger charge is -2.23. The molecule has 0 radical (unpaired) electrons. The first kappa shape index (κ1) is 12.2. The van der Waals surface area contributed by atoms with Gasteiger partial charge in [0.1, 0.15) is 0 Å². The topological polar surface area (TPSA) is 27.7 Å². The minimum absolute atomic E-state index is 0.569. The van der Waals surface area contributed by atoms with E-state index in [1.165, 1.54) is 4.99 Å².